The molecule has 8 nitrogen and oxygen atoms in total. The maximum absolute atomic E-state index is 6.20. The summed E-state index contributed by atoms with van der Waals surface area (Å²) in [4.78, 5) is 16.4. The van der Waals surface area contributed by atoms with Gasteiger partial charge in [0.05, 0.1) is 40.5 Å². The van der Waals surface area contributed by atoms with Gasteiger partial charge in [-0.3, -0.25) is 14.9 Å². The average Bonchev–Trinajstić information content (AvgIpc) is 3.70. The van der Waals surface area contributed by atoms with Crippen LogP contribution in [-0.2, 0) is 4.74 Å². The van der Waals surface area contributed by atoms with Crippen LogP contribution in [0.25, 0.3) is 22.3 Å². The van der Waals surface area contributed by atoms with Crippen molar-refractivity contribution in [3.8, 4) is 11.3 Å². The van der Waals surface area contributed by atoms with Gasteiger partial charge >= 0.3 is 0 Å². The molecule has 0 amide bonds. The maximum Gasteiger partial charge on any atom is 0.215 e. The quantitative estimate of drug-likeness (QED) is 0.0925. The molecule has 0 unspecified atom stereocenters. The molecule has 0 aliphatic heterocycles. The first-order valence-electron chi connectivity index (χ1n) is 14.7. The Morgan fingerprint density at radius 3 is 2.48 bits per heavy atom. The van der Waals surface area contributed by atoms with Crippen molar-refractivity contribution in [2.75, 3.05) is 23.6 Å². The van der Waals surface area contributed by atoms with E-state index in [0.29, 0.717) is 12.6 Å². The predicted molar refractivity (Wildman–Crippen MR) is 175 cm³/mol. The Morgan fingerprint density at radius 2 is 1.71 bits per heavy atom. The smallest absolute Gasteiger partial charge is 0.215 e. The van der Waals surface area contributed by atoms with Crippen molar-refractivity contribution in [3.63, 3.8) is 0 Å². The van der Waals surface area contributed by atoms with Crippen LogP contribution in [0.2, 0.25) is 25.7 Å². The molecule has 4 heterocycles. The van der Waals surface area contributed by atoms with Gasteiger partial charge in [0.15, 0.2) is 0 Å². The molecule has 1 saturated carbocycles. The number of nitrogens with zero attached hydrogens (tertiary/aromatic N) is 6. The van der Waals surface area contributed by atoms with Crippen LogP contribution in [0.4, 0.5) is 22.3 Å². The van der Waals surface area contributed by atoms with Crippen molar-refractivity contribution in [1.82, 2.24) is 25.1 Å². The van der Waals surface area contributed by atoms with Gasteiger partial charge in [0, 0.05) is 26.2 Å². The van der Waals surface area contributed by atoms with Crippen LogP contribution in [-0.4, -0.2) is 46.6 Å². The molecule has 1 aliphatic rings. The third-order valence-corrected chi connectivity index (χ3v) is 10.3. The topological polar surface area (TPSA) is 89.0 Å². The van der Waals surface area contributed by atoms with Gasteiger partial charge in [0.2, 0.25) is 5.13 Å². The molecule has 1 aliphatic carbocycles. The predicted octanol–water partition coefficient (Wildman–Crippen LogP) is 8.39. The largest absolute Gasteiger partial charge is 0.361 e. The molecule has 0 bridgehead atoms. The third-order valence-electron chi connectivity index (χ3n) is 7.50. The molecule has 1 N–H and O–H groups in total. The van der Waals surface area contributed by atoms with Crippen molar-refractivity contribution < 1.29 is 4.74 Å². The Kier molecular flexibility index (Phi) is 8.55. The molecule has 1 aromatic carbocycles. The van der Waals surface area contributed by atoms with Crippen LogP contribution in [0.15, 0.2) is 73.1 Å². The fourth-order valence-electron chi connectivity index (χ4n) is 5.06. The van der Waals surface area contributed by atoms with Gasteiger partial charge < -0.3 is 10.1 Å². The number of benzene rings is 1. The van der Waals surface area contributed by atoms with Crippen molar-refractivity contribution in [2.45, 2.75) is 57.3 Å². The number of anilines is 4. The molecule has 216 valence electrons. The Hall–Kier alpha value is -3.73. The Bertz CT molecular complexity index is 1620. The highest BCUT2D eigenvalue weighted by molar-refractivity contribution is 7.15. The van der Waals surface area contributed by atoms with Crippen LogP contribution < -0.4 is 10.2 Å². The minimum atomic E-state index is -1.20. The molecule has 5 aromatic rings. The molecule has 42 heavy (non-hydrogen) atoms. The molecule has 6 rings (SSSR count). The minimum Gasteiger partial charge on any atom is -0.361 e. The van der Waals surface area contributed by atoms with Gasteiger partial charge in [-0.15, -0.1) is 10.2 Å². The summed E-state index contributed by atoms with van der Waals surface area (Å²) < 4.78 is 6.20. The summed E-state index contributed by atoms with van der Waals surface area (Å²) >= 11 is 1.66. The number of ether oxygens (including phenoxy) is 1. The van der Waals surface area contributed by atoms with E-state index in [4.69, 9.17) is 9.72 Å². The van der Waals surface area contributed by atoms with Gasteiger partial charge in [-0.1, -0.05) is 74.2 Å². The summed E-state index contributed by atoms with van der Waals surface area (Å²) in [6.07, 6.45) is 8.60. The van der Waals surface area contributed by atoms with Gasteiger partial charge in [-0.2, -0.15) is 0 Å². The minimum absolute atomic E-state index is 0.382. The molecule has 0 spiro atoms. The van der Waals surface area contributed by atoms with Gasteiger partial charge in [-0.05, 0) is 49.2 Å². The van der Waals surface area contributed by atoms with Crippen molar-refractivity contribution in [2.24, 2.45) is 0 Å². The van der Waals surface area contributed by atoms with E-state index in [1.807, 2.05) is 65.8 Å². The van der Waals surface area contributed by atoms with Crippen LogP contribution in [0, 0.1) is 0 Å². The maximum atomic E-state index is 6.20. The lowest BCUT2D eigenvalue weighted by atomic mass is 10.1. The lowest BCUT2D eigenvalue weighted by Gasteiger charge is -2.22. The van der Waals surface area contributed by atoms with E-state index >= 15 is 0 Å². The number of hydrogen-bond donors (Lipinski definition) is 1. The number of nitrogens with one attached hydrogen (secondary N) is 1. The fraction of sp³-hybridized carbons (Fsp3) is 0.344. The van der Waals surface area contributed by atoms with E-state index in [2.05, 4.69) is 57.3 Å². The third kappa shape index (κ3) is 7.00. The molecule has 4 aromatic heterocycles. The van der Waals surface area contributed by atoms with Crippen molar-refractivity contribution in [1.29, 1.82) is 0 Å². The number of rotatable bonds is 11. The van der Waals surface area contributed by atoms with Gasteiger partial charge in [-0.25, -0.2) is 4.98 Å². The standard InChI is InChI=1S/C32H37N7OSSi/c1-42(2,3)18-17-40-22-39(32-38-37-31(41-32)24-11-7-8-12-24)30-16-15-28-29(36-30)19-26(21-34-28)35-25-13-14-27(33-20-25)23-9-5-4-6-10-23/h4-6,9-10,13-16,19-21,24,35H,7-8,11-12,17-18,22H2,1-3H3. The van der Waals surface area contributed by atoms with E-state index in [0.717, 1.165) is 62.3 Å². The molecule has 0 saturated heterocycles. The highest BCUT2D eigenvalue weighted by atomic mass is 32.1. The average molecular weight is 596 g/mol. The summed E-state index contributed by atoms with van der Waals surface area (Å²) in [5, 5.41) is 14.5. The normalized spacial score (nSPS) is 14.0. The Balaban J connectivity index is 1.23. The lowest BCUT2D eigenvalue weighted by molar-refractivity contribution is 0.153. The number of aromatic nitrogens is 5. The zero-order chi connectivity index (χ0) is 28.9. The summed E-state index contributed by atoms with van der Waals surface area (Å²) in [7, 11) is -1.20. The zero-order valence-corrected chi connectivity index (χ0v) is 26.3. The highest BCUT2D eigenvalue weighted by Crippen LogP contribution is 2.38. The Morgan fingerprint density at radius 1 is 0.905 bits per heavy atom. The van der Waals surface area contributed by atoms with E-state index in [1.54, 1.807) is 11.3 Å². The van der Waals surface area contributed by atoms with Crippen LogP contribution in [0.5, 0.6) is 0 Å². The molecule has 10 heteroatoms. The van der Waals surface area contributed by atoms with E-state index < -0.39 is 8.07 Å². The van der Waals surface area contributed by atoms with Gasteiger partial charge in [0.1, 0.15) is 17.6 Å². The van der Waals surface area contributed by atoms with Crippen molar-refractivity contribution in [3.05, 3.63) is 78.1 Å². The van der Waals surface area contributed by atoms with Crippen molar-refractivity contribution >= 4 is 52.8 Å². The van der Waals surface area contributed by atoms with E-state index in [-0.39, 0.29) is 0 Å². The zero-order valence-electron chi connectivity index (χ0n) is 24.5. The first-order valence-corrected chi connectivity index (χ1v) is 19.2. The second-order valence-electron chi connectivity index (χ2n) is 12.0. The number of hydrogen-bond acceptors (Lipinski definition) is 9. The van der Waals surface area contributed by atoms with Crippen LogP contribution >= 0.6 is 11.3 Å². The highest BCUT2D eigenvalue weighted by Gasteiger charge is 2.24. The Labute approximate surface area is 252 Å². The first kappa shape index (κ1) is 28.4. The summed E-state index contributed by atoms with van der Waals surface area (Å²) in [6, 6.07) is 21.3. The number of fused-ring (bicyclic) bond motifs is 1. The summed E-state index contributed by atoms with van der Waals surface area (Å²) in [6.45, 7) is 8.20. The van der Waals surface area contributed by atoms with E-state index in [1.165, 1.54) is 25.7 Å². The molecular weight excluding hydrogens is 559 g/mol. The summed E-state index contributed by atoms with van der Waals surface area (Å²) in [5.74, 6) is 1.29. The molecule has 0 atom stereocenters. The number of pyridine rings is 3. The van der Waals surface area contributed by atoms with Gasteiger partial charge in [0.25, 0.3) is 0 Å². The second-order valence-corrected chi connectivity index (χ2v) is 18.6. The monoisotopic (exact) mass is 595 g/mol. The lowest BCUT2D eigenvalue weighted by Crippen LogP contribution is -2.26. The molecule has 1 fully saturated rings. The summed E-state index contributed by atoms with van der Waals surface area (Å²) in [5.41, 5.74) is 5.37. The SMILES string of the molecule is C[Si](C)(C)CCOCN(c1ccc2ncc(Nc3ccc(-c4ccccc4)nc3)cc2n1)c1nnc(C2CCCC2)s1. The molecule has 0 radical (unpaired) electrons. The van der Waals surface area contributed by atoms with Crippen LogP contribution in [0.1, 0.15) is 36.6 Å². The fourth-order valence-corrected chi connectivity index (χ4v) is 6.82. The van der Waals surface area contributed by atoms with E-state index in [9.17, 15) is 0 Å². The van der Waals surface area contributed by atoms with Crippen LogP contribution in [0.3, 0.4) is 0 Å². The molecular formula is C32H37N7OSSi. The first-order chi connectivity index (χ1) is 20.4. The second kappa shape index (κ2) is 12.6.